The van der Waals surface area contributed by atoms with Crippen LogP contribution in [0.3, 0.4) is 0 Å². The summed E-state index contributed by atoms with van der Waals surface area (Å²) in [5, 5.41) is 0. The molecule has 0 saturated carbocycles. The molecular weight excluding hydrogens is 427 g/mol. The molecule has 98 valence electrons. The van der Waals surface area contributed by atoms with Crippen LogP contribution in [0.2, 0.25) is 0 Å². The Morgan fingerprint density at radius 1 is 0.688 bits per heavy atom. The average Bonchev–Trinajstić information content (AvgIpc) is 2.00. The minimum atomic E-state index is -2.22. The number of hydrogen-bond acceptors (Lipinski definition) is 0. The lowest BCUT2D eigenvalue weighted by Crippen LogP contribution is -2.59. The van der Waals surface area contributed by atoms with E-state index in [9.17, 15) is 0 Å². The van der Waals surface area contributed by atoms with Gasteiger partial charge in [0, 0.05) is 0 Å². The fraction of sp³-hybridized carbons (Fsp3) is 1.00. The molecule has 0 amide bonds. The van der Waals surface area contributed by atoms with Gasteiger partial charge in [0.05, 0.1) is 0 Å². The summed E-state index contributed by atoms with van der Waals surface area (Å²) >= 11 is 57.8. The molecule has 0 heterocycles. The normalized spacial score (nSPS) is 15.8. The summed E-state index contributed by atoms with van der Waals surface area (Å²) in [4.78, 5) is -1.38. The maximum absolute atomic E-state index is 5.90. The van der Waals surface area contributed by atoms with E-state index in [4.69, 9.17) is 116 Å². The quantitative estimate of drug-likeness (QED) is 0.446. The number of alkyl halides is 10. The topological polar surface area (TPSA) is 0 Å². The maximum Gasteiger partial charge on any atom is 0.189 e. The van der Waals surface area contributed by atoms with Crippen molar-refractivity contribution in [3.8, 4) is 0 Å². The first-order chi connectivity index (χ1) is 6.69. The lowest BCUT2D eigenvalue weighted by Gasteiger charge is -2.45. The molecule has 0 bridgehead atoms. The molecular formula is C6H4Cl10. The van der Waals surface area contributed by atoms with E-state index in [1.807, 2.05) is 0 Å². The standard InChI is InChI=1S/C6H4Cl10/c1-3(9,10)5(13,14)6(15,16)4(11,12)2(7)8/h2H,1H3. The Balaban J connectivity index is 5.53. The molecule has 0 spiro atoms. The molecule has 0 aliphatic carbocycles. The van der Waals surface area contributed by atoms with Gasteiger partial charge in [0.25, 0.3) is 0 Å². The zero-order valence-corrected chi connectivity index (χ0v) is 14.9. The lowest BCUT2D eigenvalue weighted by molar-refractivity contribution is 0.560. The SMILES string of the molecule is CC(Cl)(Cl)C(Cl)(Cl)C(Cl)(Cl)C(Cl)(Cl)C(Cl)Cl. The molecule has 0 nitrogen and oxygen atoms in total. The lowest BCUT2D eigenvalue weighted by atomic mass is 10.1. The zero-order chi connectivity index (χ0) is 13.6. The van der Waals surface area contributed by atoms with E-state index in [0.717, 1.165) is 0 Å². The number of hydrogen-bond donors (Lipinski definition) is 0. The van der Waals surface area contributed by atoms with E-state index in [0.29, 0.717) is 0 Å². The highest BCUT2D eigenvalue weighted by Crippen LogP contribution is 2.62. The molecule has 0 unspecified atom stereocenters. The van der Waals surface area contributed by atoms with Crippen LogP contribution in [0.15, 0.2) is 0 Å². The number of halogens is 10. The van der Waals surface area contributed by atoms with Gasteiger partial charge < -0.3 is 0 Å². The highest BCUT2D eigenvalue weighted by atomic mass is 35.6. The third kappa shape index (κ3) is 3.32. The third-order valence-electron chi connectivity index (χ3n) is 1.64. The van der Waals surface area contributed by atoms with E-state index in [1.165, 1.54) is 6.92 Å². The molecule has 0 radical (unpaired) electrons. The van der Waals surface area contributed by atoms with Crippen LogP contribution < -0.4 is 0 Å². The van der Waals surface area contributed by atoms with Gasteiger partial charge in [0.1, 0.15) is 4.84 Å². The maximum atomic E-state index is 5.90. The molecule has 0 aliphatic rings. The van der Waals surface area contributed by atoms with Crippen molar-refractivity contribution in [1.29, 1.82) is 0 Å². The molecule has 16 heavy (non-hydrogen) atoms. The molecule has 0 N–H and O–H groups in total. The molecule has 0 atom stereocenters. The molecule has 0 rings (SSSR count). The van der Waals surface area contributed by atoms with Crippen molar-refractivity contribution in [1.82, 2.24) is 0 Å². The van der Waals surface area contributed by atoms with Gasteiger partial charge in [-0.05, 0) is 6.92 Å². The summed E-state index contributed by atoms with van der Waals surface area (Å²) in [6.07, 6.45) is 0. The van der Waals surface area contributed by atoms with E-state index in [1.54, 1.807) is 0 Å². The van der Waals surface area contributed by atoms with Gasteiger partial charge >= 0.3 is 0 Å². The first kappa shape index (κ1) is 18.9. The van der Waals surface area contributed by atoms with Crippen molar-refractivity contribution in [3.05, 3.63) is 0 Å². The molecule has 0 aromatic carbocycles. The van der Waals surface area contributed by atoms with Gasteiger partial charge in [-0.2, -0.15) is 0 Å². The minimum Gasteiger partial charge on any atom is -0.102 e. The highest BCUT2D eigenvalue weighted by Gasteiger charge is 2.68. The molecule has 0 aliphatic heterocycles. The van der Waals surface area contributed by atoms with Crippen molar-refractivity contribution in [2.75, 3.05) is 0 Å². The van der Waals surface area contributed by atoms with Crippen molar-refractivity contribution in [2.45, 2.75) is 29.1 Å². The van der Waals surface area contributed by atoms with Crippen LogP contribution in [0.5, 0.6) is 0 Å². The van der Waals surface area contributed by atoms with Gasteiger partial charge in [-0.1, -0.05) is 92.8 Å². The van der Waals surface area contributed by atoms with Gasteiger partial charge in [-0.25, -0.2) is 0 Å². The Kier molecular flexibility index (Phi) is 6.76. The van der Waals surface area contributed by atoms with Gasteiger partial charge in [0.2, 0.25) is 0 Å². The summed E-state index contributed by atoms with van der Waals surface area (Å²) in [6, 6.07) is 0. The van der Waals surface area contributed by atoms with Crippen LogP contribution in [-0.2, 0) is 0 Å². The fourth-order valence-corrected chi connectivity index (χ4v) is 3.02. The first-order valence-corrected chi connectivity index (χ1v) is 7.38. The van der Waals surface area contributed by atoms with Gasteiger partial charge in [0.15, 0.2) is 17.3 Å². The Morgan fingerprint density at radius 3 is 1.19 bits per heavy atom. The summed E-state index contributed by atoms with van der Waals surface area (Å²) in [6.45, 7) is 1.26. The largest absolute Gasteiger partial charge is 0.189 e. The van der Waals surface area contributed by atoms with Gasteiger partial charge in [-0.3, -0.25) is 0 Å². The van der Waals surface area contributed by atoms with Crippen molar-refractivity contribution in [2.24, 2.45) is 0 Å². The van der Waals surface area contributed by atoms with E-state index < -0.39 is 22.2 Å². The molecule has 0 saturated heterocycles. The average molecular weight is 431 g/mol. The second-order valence-electron chi connectivity index (χ2n) is 2.96. The second-order valence-corrected chi connectivity index (χ2v) is 9.80. The minimum absolute atomic E-state index is 1.26. The van der Waals surface area contributed by atoms with Crippen LogP contribution in [0.25, 0.3) is 0 Å². The predicted molar refractivity (Wildman–Crippen MR) is 78.9 cm³/mol. The van der Waals surface area contributed by atoms with Gasteiger partial charge in [-0.15, -0.1) is 23.2 Å². The van der Waals surface area contributed by atoms with Crippen LogP contribution in [0.1, 0.15) is 6.92 Å². The van der Waals surface area contributed by atoms with E-state index in [2.05, 4.69) is 0 Å². The van der Waals surface area contributed by atoms with Crippen molar-refractivity contribution >= 4 is 116 Å². The predicted octanol–water partition coefficient (Wildman–Crippen LogP) is 6.51. The van der Waals surface area contributed by atoms with E-state index >= 15 is 0 Å². The first-order valence-electron chi connectivity index (χ1n) is 3.49. The summed E-state index contributed by atoms with van der Waals surface area (Å²) in [5.41, 5.74) is 0. The molecule has 0 aromatic rings. The summed E-state index contributed by atoms with van der Waals surface area (Å²) in [7, 11) is 0. The Bertz CT molecular complexity index is 249. The van der Waals surface area contributed by atoms with Crippen LogP contribution in [-0.4, -0.2) is 22.2 Å². The fourth-order valence-electron chi connectivity index (χ4n) is 0.622. The van der Waals surface area contributed by atoms with Crippen LogP contribution >= 0.6 is 116 Å². The molecule has 0 aromatic heterocycles. The monoisotopic (exact) mass is 426 g/mol. The zero-order valence-electron chi connectivity index (χ0n) is 7.36. The second kappa shape index (κ2) is 5.72. The molecule has 0 fully saturated rings. The summed E-state index contributed by atoms with van der Waals surface area (Å²) < 4.78 is -8.19. The number of rotatable bonds is 4. The Labute approximate surface area is 144 Å². The third-order valence-corrected chi connectivity index (χ3v) is 7.96. The smallest absolute Gasteiger partial charge is 0.102 e. The van der Waals surface area contributed by atoms with Crippen LogP contribution in [0, 0.1) is 0 Å². The summed E-state index contributed by atoms with van der Waals surface area (Å²) in [5.74, 6) is 0. The van der Waals surface area contributed by atoms with Crippen molar-refractivity contribution in [3.63, 3.8) is 0 Å². The molecule has 10 heteroatoms. The van der Waals surface area contributed by atoms with E-state index in [-0.39, 0.29) is 0 Å². The Morgan fingerprint density at radius 2 is 1.00 bits per heavy atom. The Hall–Kier alpha value is 2.90. The highest BCUT2D eigenvalue weighted by molar-refractivity contribution is 6.75. The van der Waals surface area contributed by atoms with Crippen LogP contribution in [0.4, 0.5) is 0 Å². The van der Waals surface area contributed by atoms with Crippen molar-refractivity contribution < 1.29 is 0 Å².